The Labute approximate surface area is 169 Å². The lowest BCUT2D eigenvalue weighted by Gasteiger charge is -2.28. The zero-order valence-corrected chi connectivity index (χ0v) is 16.3. The normalized spacial score (nSPS) is 20.0. The number of hydrogen-bond acceptors (Lipinski definition) is 4. The highest BCUT2D eigenvalue weighted by Gasteiger charge is 2.53. The Morgan fingerprint density at radius 1 is 1.07 bits per heavy atom. The Morgan fingerprint density at radius 2 is 1.86 bits per heavy atom. The second-order valence-corrected chi connectivity index (χ2v) is 7.47. The van der Waals surface area contributed by atoms with Gasteiger partial charge in [-0.15, -0.1) is 0 Å². The minimum Gasteiger partial charge on any atom is -0.497 e. The molecule has 1 spiro atoms. The number of amides is 1. The third-order valence-electron chi connectivity index (χ3n) is 5.93. The first kappa shape index (κ1) is 17.7. The van der Waals surface area contributed by atoms with Gasteiger partial charge in [-0.2, -0.15) is 0 Å². The number of methoxy groups -OCH3 is 1. The number of nitrogens with zero attached hydrogens (tertiary/aromatic N) is 2. The quantitative estimate of drug-likeness (QED) is 0.680. The Hall–Kier alpha value is -3.34. The summed E-state index contributed by atoms with van der Waals surface area (Å²) in [6.45, 7) is 1.08. The summed E-state index contributed by atoms with van der Waals surface area (Å²) >= 11 is 0. The predicted molar refractivity (Wildman–Crippen MR) is 110 cm³/mol. The van der Waals surface area contributed by atoms with Gasteiger partial charge in [-0.3, -0.25) is 4.79 Å². The fraction of sp³-hybridized carbons (Fsp3) is 0.250. The van der Waals surface area contributed by atoms with E-state index in [1.165, 1.54) is 0 Å². The number of para-hydroxylation sites is 1. The maximum Gasteiger partial charge on any atom is 0.242 e. The number of pyridine rings is 1. The number of anilines is 1. The minimum absolute atomic E-state index is 0.0919. The van der Waals surface area contributed by atoms with Crippen LogP contribution in [0, 0.1) is 0 Å². The second-order valence-electron chi connectivity index (χ2n) is 7.47. The van der Waals surface area contributed by atoms with Gasteiger partial charge in [-0.25, -0.2) is 4.98 Å². The van der Waals surface area contributed by atoms with E-state index in [1.54, 1.807) is 13.3 Å². The molecule has 0 radical (unpaired) electrons. The van der Waals surface area contributed by atoms with Gasteiger partial charge in [0.1, 0.15) is 11.2 Å². The summed E-state index contributed by atoms with van der Waals surface area (Å²) in [6, 6.07) is 19.8. The molecule has 5 nitrogen and oxygen atoms in total. The molecular formula is C24H22N2O3. The van der Waals surface area contributed by atoms with E-state index in [0.29, 0.717) is 25.5 Å². The summed E-state index contributed by atoms with van der Waals surface area (Å²) in [5, 5.41) is 0. The van der Waals surface area contributed by atoms with Crippen molar-refractivity contribution >= 4 is 11.6 Å². The smallest absolute Gasteiger partial charge is 0.242 e. The van der Waals surface area contributed by atoms with Gasteiger partial charge in [-0.1, -0.05) is 36.4 Å². The zero-order valence-electron chi connectivity index (χ0n) is 16.3. The highest BCUT2D eigenvalue weighted by molar-refractivity contribution is 6.10. The third-order valence-corrected chi connectivity index (χ3v) is 5.93. The van der Waals surface area contributed by atoms with Crippen LogP contribution in [0.25, 0.3) is 0 Å². The number of carbonyl (C=O) groups is 1. The Balaban J connectivity index is 1.63. The lowest BCUT2D eigenvalue weighted by atomic mass is 9.72. The summed E-state index contributed by atoms with van der Waals surface area (Å²) in [7, 11) is 1.65. The van der Waals surface area contributed by atoms with Crippen molar-refractivity contribution in [3.63, 3.8) is 0 Å². The van der Waals surface area contributed by atoms with E-state index in [1.807, 2.05) is 59.5 Å². The maximum atomic E-state index is 14.0. The SMILES string of the molecule is COc1ccc(CN2C(=O)C3(CCCOc4ncccc43)c3ccccc32)cc1. The van der Waals surface area contributed by atoms with Crippen molar-refractivity contribution in [2.24, 2.45) is 0 Å². The van der Waals surface area contributed by atoms with Crippen LogP contribution in [0.4, 0.5) is 5.69 Å². The van der Waals surface area contributed by atoms with Gasteiger partial charge in [0.15, 0.2) is 0 Å². The fourth-order valence-corrected chi connectivity index (χ4v) is 4.57. The lowest BCUT2D eigenvalue weighted by Crippen LogP contribution is -2.41. The molecule has 2 aliphatic rings. The predicted octanol–water partition coefficient (Wildman–Crippen LogP) is 4.10. The van der Waals surface area contributed by atoms with Crippen molar-refractivity contribution in [2.45, 2.75) is 24.8 Å². The van der Waals surface area contributed by atoms with E-state index >= 15 is 0 Å². The monoisotopic (exact) mass is 386 g/mol. The standard InChI is InChI=1S/C24H22N2O3/c1-28-18-11-9-17(10-12-18)16-26-21-8-3-2-6-19(21)24(23(26)27)13-5-15-29-22-20(24)7-4-14-25-22/h2-4,6-12,14H,5,13,15-16H2,1H3. The molecule has 0 saturated carbocycles. The molecule has 1 atom stereocenters. The average molecular weight is 386 g/mol. The average Bonchev–Trinajstić information content (AvgIpc) is 2.90. The van der Waals surface area contributed by atoms with Crippen LogP contribution in [0.3, 0.4) is 0 Å². The number of fused-ring (bicyclic) bond motifs is 4. The molecule has 5 rings (SSSR count). The molecule has 1 aromatic heterocycles. The van der Waals surface area contributed by atoms with E-state index in [0.717, 1.165) is 34.5 Å². The van der Waals surface area contributed by atoms with Crippen molar-refractivity contribution in [3.05, 3.63) is 83.6 Å². The van der Waals surface area contributed by atoms with Gasteiger partial charge >= 0.3 is 0 Å². The van der Waals surface area contributed by atoms with Gasteiger partial charge in [0, 0.05) is 17.4 Å². The van der Waals surface area contributed by atoms with Gasteiger partial charge in [0.05, 0.1) is 20.3 Å². The molecule has 3 aromatic rings. The Kier molecular flexibility index (Phi) is 4.23. The molecule has 0 N–H and O–H groups in total. The first-order valence-corrected chi connectivity index (χ1v) is 9.87. The van der Waals surface area contributed by atoms with Crippen LogP contribution in [0.2, 0.25) is 0 Å². The molecule has 3 heterocycles. The molecule has 1 amide bonds. The highest BCUT2D eigenvalue weighted by Crippen LogP contribution is 2.52. The topological polar surface area (TPSA) is 51.7 Å². The van der Waals surface area contributed by atoms with Crippen molar-refractivity contribution < 1.29 is 14.3 Å². The summed E-state index contributed by atoms with van der Waals surface area (Å²) in [6.07, 6.45) is 3.23. The van der Waals surface area contributed by atoms with E-state index < -0.39 is 5.41 Å². The van der Waals surface area contributed by atoms with Crippen LogP contribution in [0.5, 0.6) is 11.6 Å². The number of aromatic nitrogens is 1. The van der Waals surface area contributed by atoms with Crippen molar-refractivity contribution in [3.8, 4) is 11.6 Å². The summed E-state index contributed by atoms with van der Waals surface area (Å²) < 4.78 is 11.1. The molecular weight excluding hydrogens is 364 g/mol. The molecule has 5 heteroatoms. The van der Waals surface area contributed by atoms with Gasteiger partial charge in [0.25, 0.3) is 0 Å². The van der Waals surface area contributed by atoms with Crippen LogP contribution in [-0.4, -0.2) is 24.6 Å². The molecule has 29 heavy (non-hydrogen) atoms. The molecule has 0 bridgehead atoms. The van der Waals surface area contributed by atoms with E-state index in [4.69, 9.17) is 9.47 Å². The number of rotatable bonds is 3. The lowest BCUT2D eigenvalue weighted by molar-refractivity contribution is -0.122. The molecule has 0 fully saturated rings. The van der Waals surface area contributed by atoms with Crippen LogP contribution in [0.15, 0.2) is 66.9 Å². The van der Waals surface area contributed by atoms with Crippen LogP contribution in [0.1, 0.15) is 29.5 Å². The number of hydrogen-bond donors (Lipinski definition) is 0. The Bertz CT molecular complexity index is 1060. The second kappa shape index (κ2) is 6.92. The fourth-order valence-electron chi connectivity index (χ4n) is 4.57. The number of benzene rings is 2. The molecule has 0 saturated heterocycles. The first-order valence-electron chi connectivity index (χ1n) is 9.87. The van der Waals surface area contributed by atoms with Crippen molar-refractivity contribution in [2.75, 3.05) is 18.6 Å². The van der Waals surface area contributed by atoms with E-state index in [-0.39, 0.29) is 5.91 Å². The number of carbonyl (C=O) groups excluding carboxylic acids is 1. The third kappa shape index (κ3) is 2.69. The van der Waals surface area contributed by atoms with Crippen LogP contribution in [-0.2, 0) is 16.8 Å². The first-order chi connectivity index (χ1) is 14.2. The van der Waals surface area contributed by atoms with Crippen LogP contribution >= 0.6 is 0 Å². The van der Waals surface area contributed by atoms with Crippen LogP contribution < -0.4 is 14.4 Å². The largest absolute Gasteiger partial charge is 0.497 e. The van der Waals surface area contributed by atoms with Crippen molar-refractivity contribution in [1.29, 1.82) is 0 Å². The summed E-state index contributed by atoms with van der Waals surface area (Å²) in [5.41, 5.74) is 3.18. The Morgan fingerprint density at radius 3 is 2.69 bits per heavy atom. The maximum absolute atomic E-state index is 14.0. The number of ether oxygens (including phenoxy) is 2. The summed E-state index contributed by atoms with van der Waals surface area (Å²) in [4.78, 5) is 20.3. The molecule has 0 aliphatic carbocycles. The van der Waals surface area contributed by atoms with Gasteiger partial charge < -0.3 is 14.4 Å². The van der Waals surface area contributed by atoms with Gasteiger partial charge in [0.2, 0.25) is 11.8 Å². The molecule has 2 aromatic carbocycles. The molecule has 146 valence electrons. The summed E-state index contributed by atoms with van der Waals surface area (Å²) in [5.74, 6) is 1.47. The van der Waals surface area contributed by atoms with Crippen molar-refractivity contribution in [1.82, 2.24) is 4.98 Å². The zero-order chi connectivity index (χ0) is 19.8. The van der Waals surface area contributed by atoms with E-state index in [2.05, 4.69) is 11.1 Å². The van der Waals surface area contributed by atoms with E-state index in [9.17, 15) is 4.79 Å². The molecule has 1 unspecified atom stereocenters. The van der Waals surface area contributed by atoms with Gasteiger partial charge in [-0.05, 0) is 48.2 Å². The molecule has 2 aliphatic heterocycles. The highest BCUT2D eigenvalue weighted by atomic mass is 16.5. The minimum atomic E-state index is -0.747.